The monoisotopic (exact) mass is 337 g/mol. The maximum Gasteiger partial charge on any atom is 0.163 e. The third-order valence-corrected chi connectivity index (χ3v) is 3.97. The van der Waals surface area contributed by atoms with Crippen molar-refractivity contribution < 1.29 is 9.47 Å². The zero-order valence-corrected chi connectivity index (χ0v) is 13.5. The first-order valence-corrected chi connectivity index (χ1v) is 8.00. The van der Waals surface area contributed by atoms with Gasteiger partial charge < -0.3 is 14.8 Å². The van der Waals surface area contributed by atoms with E-state index in [9.17, 15) is 0 Å². The van der Waals surface area contributed by atoms with Gasteiger partial charge >= 0.3 is 0 Å². The van der Waals surface area contributed by atoms with Gasteiger partial charge in [0.1, 0.15) is 12.7 Å². The fourth-order valence-corrected chi connectivity index (χ4v) is 2.76. The van der Waals surface area contributed by atoms with Crippen LogP contribution >= 0.6 is 23.2 Å². The Morgan fingerprint density at radius 2 is 1.91 bits per heavy atom. The van der Waals surface area contributed by atoms with Crippen molar-refractivity contribution in [3.05, 3.63) is 58.1 Å². The van der Waals surface area contributed by atoms with Gasteiger partial charge in [-0.15, -0.1) is 0 Å². The summed E-state index contributed by atoms with van der Waals surface area (Å²) in [4.78, 5) is 0. The molecular formula is C17H17Cl2NO2. The van der Waals surface area contributed by atoms with Crippen LogP contribution in [0.1, 0.15) is 12.0 Å². The average Bonchev–Trinajstić information content (AvgIpc) is 2.99. The maximum atomic E-state index is 6.07. The molecule has 2 aromatic carbocycles. The first-order valence-electron chi connectivity index (χ1n) is 7.25. The second kappa shape index (κ2) is 7.23. The van der Waals surface area contributed by atoms with Gasteiger partial charge in [-0.3, -0.25) is 0 Å². The fraction of sp³-hybridized carbons (Fsp3) is 0.294. The highest BCUT2D eigenvalue weighted by Gasteiger charge is 2.18. The molecule has 1 saturated heterocycles. The summed E-state index contributed by atoms with van der Waals surface area (Å²) in [6.07, 6.45) is 1.15. The summed E-state index contributed by atoms with van der Waals surface area (Å²) in [5.41, 5.74) is 1.01. The molecule has 1 N–H and O–H groups in total. The standard InChI is InChI=1S/C17H17Cl2NO2/c18-13-3-1-2-12(8-13)11-21-16-5-4-14(19)9-17(16)22-15-6-7-20-10-15/h1-5,8-9,15,20H,6-7,10-11H2. The van der Waals surface area contributed by atoms with Crippen molar-refractivity contribution in [2.75, 3.05) is 13.1 Å². The van der Waals surface area contributed by atoms with Crippen molar-refractivity contribution in [1.29, 1.82) is 0 Å². The summed E-state index contributed by atoms with van der Waals surface area (Å²) < 4.78 is 11.9. The van der Waals surface area contributed by atoms with E-state index in [0.29, 0.717) is 28.2 Å². The molecule has 116 valence electrons. The number of benzene rings is 2. The van der Waals surface area contributed by atoms with Crippen LogP contribution < -0.4 is 14.8 Å². The van der Waals surface area contributed by atoms with Gasteiger partial charge in [-0.2, -0.15) is 0 Å². The van der Waals surface area contributed by atoms with E-state index in [4.69, 9.17) is 32.7 Å². The zero-order valence-electron chi connectivity index (χ0n) is 12.0. The van der Waals surface area contributed by atoms with E-state index < -0.39 is 0 Å². The molecule has 5 heteroatoms. The van der Waals surface area contributed by atoms with Crippen molar-refractivity contribution in [3.63, 3.8) is 0 Å². The van der Waals surface area contributed by atoms with E-state index in [1.165, 1.54) is 0 Å². The lowest BCUT2D eigenvalue weighted by Crippen LogP contribution is -2.19. The number of hydrogen-bond acceptors (Lipinski definition) is 3. The lowest BCUT2D eigenvalue weighted by molar-refractivity contribution is 0.204. The van der Waals surface area contributed by atoms with Crippen molar-refractivity contribution in [2.24, 2.45) is 0 Å². The second-order valence-corrected chi connectivity index (χ2v) is 6.12. The molecule has 1 aliphatic heterocycles. The summed E-state index contributed by atoms with van der Waals surface area (Å²) in [5.74, 6) is 1.37. The molecule has 0 aliphatic carbocycles. The molecule has 22 heavy (non-hydrogen) atoms. The van der Waals surface area contributed by atoms with Crippen LogP contribution in [0.15, 0.2) is 42.5 Å². The van der Waals surface area contributed by atoms with Crippen LogP contribution in [0.4, 0.5) is 0 Å². The number of hydrogen-bond donors (Lipinski definition) is 1. The van der Waals surface area contributed by atoms with E-state index in [2.05, 4.69) is 5.32 Å². The molecule has 1 unspecified atom stereocenters. The van der Waals surface area contributed by atoms with Gasteiger partial charge in [0.05, 0.1) is 0 Å². The minimum atomic E-state index is 0.159. The van der Waals surface area contributed by atoms with Gasteiger partial charge in [0.2, 0.25) is 0 Å². The molecule has 0 radical (unpaired) electrons. The smallest absolute Gasteiger partial charge is 0.163 e. The first kappa shape index (κ1) is 15.5. The fourth-order valence-electron chi connectivity index (χ4n) is 2.39. The Morgan fingerprint density at radius 1 is 1.05 bits per heavy atom. The maximum absolute atomic E-state index is 6.07. The minimum absolute atomic E-state index is 0.159. The van der Waals surface area contributed by atoms with Gasteiger partial charge in [-0.05, 0) is 42.8 Å². The van der Waals surface area contributed by atoms with Crippen molar-refractivity contribution in [2.45, 2.75) is 19.1 Å². The van der Waals surface area contributed by atoms with Crippen LogP contribution in [0.2, 0.25) is 10.0 Å². The van der Waals surface area contributed by atoms with Crippen LogP contribution in [0.5, 0.6) is 11.5 Å². The van der Waals surface area contributed by atoms with Crippen LogP contribution in [-0.4, -0.2) is 19.2 Å². The van der Waals surface area contributed by atoms with Gasteiger partial charge in [0, 0.05) is 22.7 Å². The highest BCUT2D eigenvalue weighted by molar-refractivity contribution is 6.31. The molecule has 0 amide bonds. The Morgan fingerprint density at radius 3 is 2.68 bits per heavy atom. The van der Waals surface area contributed by atoms with Crippen LogP contribution in [0, 0.1) is 0 Å². The molecule has 1 atom stereocenters. The summed E-state index contributed by atoms with van der Waals surface area (Å²) in [5, 5.41) is 4.61. The SMILES string of the molecule is Clc1cccc(COc2ccc(Cl)cc2OC2CCNC2)c1. The van der Waals surface area contributed by atoms with Crippen molar-refractivity contribution >= 4 is 23.2 Å². The highest BCUT2D eigenvalue weighted by Crippen LogP contribution is 2.32. The van der Waals surface area contributed by atoms with Crippen LogP contribution in [0.25, 0.3) is 0 Å². The third-order valence-electron chi connectivity index (χ3n) is 3.50. The van der Waals surface area contributed by atoms with Gasteiger partial charge in [0.25, 0.3) is 0 Å². The van der Waals surface area contributed by atoms with Crippen molar-refractivity contribution in [3.8, 4) is 11.5 Å². The van der Waals surface area contributed by atoms with Gasteiger partial charge in [0.15, 0.2) is 11.5 Å². The molecule has 3 nitrogen and oxygen atoms in total. The van der Waals surface area contributed by atoms with Crippen LogP contribution in [-0.2, 0) is 6.61 Å². The Bertz CT molecular complexity index is 642. The Hall–Kier alpha value is -1.42. The highest BCUT2D eigenvalue weighted by atomic mass is 35.5. The summed E-state index contributed by atoms with van der Waals surface area (Å²) in [6, 6.07) is 13.0. The Kier molecular flexibility index (Phi) is 5.08. The Labute approximate surface area is 140 Å². The lowest BCUT2D eigenvalue weighted by atomic mass is 10.2. The second-order valence-electron chi connectivity index (χ2n) is 5.24. The molecule has 1 fully saturated rings. The minimum Gasteiger partial charge on any atom is -0.485 e. The number of halogens is 2. The topological polar surface area (TPSA) is 30.5 Å². The number of rotatable bonds is 5. The van der Waals surface area contributed by atoms with Gasteiger partial charge in [-0.25, -0.2) is 0 Å². The van der Waals surface area contributed by atoms with Gasteiger partial charge in [-0.1, -0.05) is 35.3 Å². The van der Waals surface area contributed by atoms with Crippen molar-refractivity contribution in [1.82, 2.24) is 5.32 Å². The molecule has 0 aromatic heterocycles. The molecule has 1 aliphatic rings. The first-order chi connectivity index (χ1) is 10.7. The predicted molar refractivity (Wildman–Crippen MR) is 89.1 cm³/mol. The van der Waals surface area contributed by atoms with Crippen LogP contribution in [0.3, 0.4) is 0 Å². The van der Waals surface area contributed by atoms with E-state index in [0.717, 1.165) is 25.1 Å². The van der Waals surface area contributed by atoms with E-state index in [1.807, 2.05) is 30.3 Å². The molecule has 0 bridgehead atoms. The molecule has 1 heterocycles. The average molecular weight is 338 g/mol. The summed E-state index contributed by atoms with van der Waals surface area (Å²) >= 11 is 12.1. The third kappa shape index (κ3) is 4.07. The molecule has 2 aromatic rings. The molecule has 0 saturated carbocycles. The summed E-state index contributed by atoms with van der Waals surface area (Å²) in [6.45, 7) is 2.26. The predicted octanol–water partition coefficient (Wildman–Crippen LogP) is 4.31. The molecular weight excluding hydrogens is 321 g/mol. The quantitative estimate of drug-likeness (QED) is 0.881. The Balaban J connectivity index is 1.71. The number of ether oxygens (including phenoxy) is 2. The largest absolute Gasteiger partial charge is 0.485 e. The molecule has 3 rings (SSSR count). The lowest BCUT2D eigenvalue weighted by Gasteiger charge is -2.17. The normalized spacial score (nSPS) is 17.5. The summed E-state index contributed by atoms with van der Waals surface area (Å²) in [7, 11) is 0. The van der Waals surface area contributed by atoms with E-state index >= 15 is 0 Å². The number of nitrogens with one attached hydrogen (secondary N) is 1. The zero-order chi connectivity index (χ0) is 15.4. The molecule has 0 spiro atoms. The van der Waals surface area contributed by atoms with E-state index in [1.54, 1.807) is 12.1 Å². The van der Waals surface area contributed by atoms with E-state index in [-0.39, 0.29) is 6.10 Å².